The number of hydrogen-bond donors (Lipinski definition) is 2. The second-order valence-corrected chi connectivity index (χ2v) is 13.7. The van der Waals surface area contributed by atoms with Crippen LogP contribution in [-0.4, -0.2) is 60.4 Å². The van der Waals surface area contributed by atoms with Gasteiger partial charge in [-0.1, -0.05) is 72.7 Å². The van der Waals surface area contributed by atoms with E-state index in [0.717, 1.165) is 42.6 Å². The first-order valence-corrected chi connectivity index (χ1v) is 16.2. The average Bonchev–Trinajstić information content (AvgIpc) is 3.60. The van der Waals surface area contributed by atoms with Crippen molar-refractivity contribution in [3.63, 3.8) is 0 Å². The van der Waals surface area contributed by atoms with Crippen LogP contribution in [0.2, 0.25) is 0 Å². The molecule has 0 unspecified atom stereocenters. The minimum absolute atomic E-state index is 0.0466. The van der Waals surface area contributed by atoms with Crippen LogP contribution in [0.3, 0.4) is 0 Å². The van der Waals surface area contributed by atoms with Gasteiger partial charge in [0.2, 0.25) is 11.8 Å². The summed E-state index contributed by atoms with van der Waals surface area (Å²) >= 11 is 0.909. The monoisotopic (exact) mass is 598 g/mol. The average molecular weight is 599 g/mol. The second kappa shape index (κ2) is 14.2. The van der Waals surface area contributed by atoms with E-state index in [9.17, 15) is 23.1 Å². The number of nitrogens with one attached hydrogen (secondary N) is 1. The minimum atomic E-state index is -4.02. The fourth-order valence-electron chi connectivity index (χ4n) is 5.19. The first kappa shape index (κ1) is 30.8. The third kappa shape index (κ3) is 8.45. The molecule has 2 amide bonds. The largest absolute Gasteiger partial charge is 0.390 e. The topological polar surface area (TPSA) is 120 Å². The molecule has 9 nitrogen and oxygen atoms in total. The maximum absolute atomic E-state index is 13.9. The zero-order valence-corrected chi connectivity index (χ0v) is 25.2. The van der Waals surface area contributed by atoms with Crippen LogP contribution in [0.1, 0.15) is 50.3 Å². The van der Waals surface area contributed by atoms with E-state index in [0.29, 0.717) is 17.8 Å². The van der Waals surface area contributed by atoms with E-state index in [1.807, 2.05) is 60.7 Å². The molecule has 220 valence electrons. The zero-order chi connectivity index (χ0) is 29.4. The normalized spacial score (nSPS) is 14.7. The Morgan fingerprint density at radius 2 is 1.68 bits per heavy atom. The van der Waals surface area contributed by atoms with Gasteiger partial charge in [0.25, 0.3) is 10.0 Å². The van der Waals surface area contributed by atoms with Gasteiger partial charge in [-0.3, -0.25) is 9.59 Å². The quantitative estimate of drug-likeness (QED) is 0.296. The van der Waals surface area contributed by atoms with Crippen molar-refractivity contribution in [2.24, 2.45) is 5.92 Å². The van der Waals surface area contributed by atoms with Gasteiger partial charge in [-0.2, -0.15) is 4.31 Å². The van der Waals surface area contributed by atoms with Crippen molar-refractivity contribution in [2.75, 3.05) is 29.9 Å². The Labute approximate surface area is 246 Å². The summed E-state index contributed by atoms with van der Waals surface area (Å²) in [5.74, 6) is -0.292. The van der Waals surface area contributed by atoms with Gasteiger partial charge in [-0.15, -0.1) is 0 Å². The molecule has 0 saturated heterocycles. The number of carbonyl (C=O) groups excluding carboxylic acids is 2. The Kier molecular flexibility index (Phi) is 10.7. The van der Waals surface area contributed by atoms with Gasteiger partial charge in [0.1, 0.15) is 0 Å². The molecule has 1 saturated carbocycles. The number of aryl methyl sites for hydroxylation is 2. The van der Waals surface area contributed by atoms with Crippen molar-refractivity contribution in [1.29, 1.82) is 0 Å². The first-order valence-electron chi connectivity index (χ1n) is 14.0. The summed E-state index contributed by atoms with van der Waals surface area (Å²) in [4.78, 5) is 30.7. The highest BCUT2D eigenvalue weighted by atomic mass is 32.2. The zero-order valence-electron chi connectivity index (χ0n) is 23.5. The molecule has 0 spiro atoms. The summed E-state index contributed by atoms with van der Waals surface area (Å²) in [5, 5.41) is 14.1. The van der Waals surface area contributed by atoms with E-state index in [1.165, 1.54) is 11.2 Å². The lowest BCUT2D eigenvalue weighted by atomic mass is 10.1. The SMILES string of the molecule is CC(=O)Nc1nc(C)c(S(=O)(=O)N(CC2CCCC2)C[C@@H](O)CN(C(=O)CCc2ccccc2)c2ccccc2)s1. The number of aliphatic hydroxyl groups excluding tert-OH is 1. The van der Waals surface area contributed by atoms with Crippen LogP contribution in [0.15, 0.2) is 64.9 Å². The number of amides is 2. The summed E-state index contributed by atoms with van der Waals surface area (Å²) in [6.45, 7) is 3.00. The maximum Gasteiger partial charge on any atom is 0.254 e. The van der Waals surface area contributed by atoms with Gasteiger partial charge in [0, 0.05) is 32.1 Å². The summed E-state index contributed by atoms with van der Waals surface area (Å²) < 4.78 is 29.2. The number of thiazole rings is 1. The number of hydrogen-bond acceptors (Lipinski definition) is 7. The molecule has 1 atom stereocenters. The Bertz CT molecular complexity index is 1410. The van der Waals surface area contributed by atoms with Crippen LogP contribution in [0.5, 0.6) is 0 Å². The standard InChI is InChI=1S/C30H38N4O5S2/c1-22-29(40-30(31-22)32-23(2)35)41(38,39)33(19-25-13-9-10-14-25)20-27(36)21-34(26-15-7-4-8-16-26)28(37)18-17-24-11-5-3-6-12-24/h3-8,11-12,15-16,25,27,36H,9-10,13-14,17-21H2,1-2H3,(H,31,32,35)/t27-/m1/s1. The molecule has 0 aliphatic heterocycles. The van der Waals surface area contributed by atoms with E-state index in [2.05, 4.69) is 10.3 Å². The molecular weight excluding hydrogens is 560 g/mol. The molecule has 4 rings (SSSR count). The van der Waals surface area contributed by atoms with Gasteiger partial charge in [0.05, 0.1) is 18.3 Å². The molecule has 2 N–H and O–H groups in total. The summed E-state index contributed by atoms with van der Waals surface area (Å²) in [6.07, 6.45) is 3.62. The van der Waals surface area contributed by atoms with E-state index in [4.69, 9.17) is 0 Å². The van der Waals surface area contributed by atoms with Crippen molar-refractivity contribution in [3.8, 4) is 0 Å². The predicted molar refractivity (Wildman–Crippen MR) is 161 cm³/mol. The van der Waals surface area contributed by atoms with E-state index in [-0.39, 0.29) is 53.1 Å². The number of benzene rings is 2. The highest BCUT2D eigenvalue weighted by Crippen LogP contribution is 2.33. The van der Waals surface area contributed by atoms with Crippen molar-refractivity contribution in [1.82, 2.24) is 9.29 Å². The number of carbonyl (C=O) groups is 2. The molecule has 1 aromatic heterocycles. The Morgan fingerprint density at radius 1 is 1.05 bits per heavy atom. The Hall–Kier alpha value is -3.12. The predicted octanol–water partition coefficient (Wildman–Crippen LogP) is 4.62. The lowest BCUT2D eigenvalue weighted by Crippen LogP contribution is -2.46. The van der Waals surface area contributed by atoms with Crippen LogP contribution in [-0.2, 0) is 26.0 Å². The number of sulfonamides is 1. The molecule has 1 heterocycles. The minimum Gasteiger partial charge on any atom is -0.390 e. The van der Waals surface area contributed by atoms with E-state index >= 15 is 0 Å². The molecule has 41 heavy (non-hydrogen) atoms. The van der Waals surface area contributed by atoms with Crippen molar-refractivity contribution in [3.05, 3.63) is 71.9 Å². The molecule has 3 aromatic rings. The van der Waals surface area contributed by atoms with Crippen LogP contribution >= 0.6 is 11.3 Å². The van der Waals surface area contributed by atoms with Crippen LogP contribution in [0.4, 0.5) is 10.8 Å². The number of nitrogens with zero attached hydrogens (tertiary/aromatic N) is 3. The van der Waals surface area contributed by atoms with Gasteiger partial charge < -0.3 is 15.3 Å². The molecule has 0 bridgehead atoms. The van der Waals surface area contributed by atoms with Gasteiger partial charge in [-0.05, 0) is 49.8 Å². The van der Waals surface area contributed by atoms with Gasteiger partial charge in [0.15, 0.2) is 9.34 Å². The second-order valence-electron chi connectivity index (χ2n) is 10.5. The van der Waals surface area contributed by atoms with Gasteiger partial charge >= 0.3 is 0 Å². The number of anilines is 2. The molecule has 1 aliphatic carbocycles. The Balaban J connectivity index is 1.54. The van der Waals surface area contributed by atoms with E-state index < -0.39 is 16.1 Å². The maximum atomic E-state index is 13.9. The number of aromatic nitrogens is 1. The molecule has 2 aromatic carbocycles. The number of aliphatic hydroxyl groups is 1. The van der Waals surface area contributed by atoms with Crippen molar-refractivity contribution >= 4 is 44.0 Å². The highest BCUT2D eigenvalue weighted by molar-refractivity contribution is 7.91. The van der Waals surface area contributed by atoms with E-state index in [1.54, 1.807) is 11.8 Å². The van der Waals surface area contributed by atoms with Crippen molar-refractivity contribution in [2.45, 2.75) is 62.7 Å². The van der Waals surface area contributed by atoms with Crippen molar-refractivity contribution < 1.29 is 23.1 Å². The third-order valence-electron chi connectivity index (χ3n) is 7.19. The molecule has 1 aliphatic rings. The number of para-hydroxylation sites is 1. The summed E-state index contributed by atoms with van der Waals surface area (Å²) in [6, 6.07) is 18.9. The fourth-order valence-corrected chi connectivity index (χ4v) is 8.34. The van der Waals surface area contributed by atoms with Crippen LogP contribution < -0.4 is 10.2 Å². The summed E-state index contributed by atoms with van der Waals surface area (Å²) in [5.41, 5.74) is 1.99. The molecule has 1 fully saturated rings. The highest BCUT2D eigenvalue weighted by Gasteiger charge is 2.34. The third-order valence-corrected chi connectivity index (χ3v) is 10.7. The summed E-state index contributed by atoms with van der Waals surface area (Å²) in [7, 11) is -4.02. The fraction of sp³-hybridized carbons (Fsp3) is 0.433. The molecule has 0 radical (unpaired) electrons. The van der Waals surface area contributed by atoms with Gasteiger partial charge in [-0.25, -0.2) is 13.4 Å². The molecule has 11 heteroatoms. The number of rotatable bonds is 13. The Morgan fingerprint density at radius 3 is 2.32 bits per heavy atom. The smallest absolute Gasteiger partial charge is 0.254 e. The van der Waals surface area contributed by atoms with Crippen LogP contribution in [0.25, 0.3) is 0 Å². The first-order chi connectivity index (χ1) is 19.6. The lowest BCUT2D eigenvalue weighted by Gasteiger charge is -2.30. The van der Waals surface area contributed by atoms with Crippen LogP contribution in [0, 0.1) is 12.8 Å². The lowest BCUT2D eigenvalue weighted by molar-refractivity contribution is -0.119. The molecular formula is C30H38N4O5S2.